The fourth-order valence-corrected chi connectivity index (χ4v) is 3.29. The van der Waals surface area contributed by atoms with E-state index in [1.807, 2.05) is 42.5 Å². The molecule has 0 aliphatic carbocycles. The molecule has 0 unspecified atom stereocenters. The quantitative estimate of drug-likeness (QED) is 0.479. The SMILES string of the molecule is CN1C(=O)C(=Cc2cn(-c3ccccc3)nc2-c2ccc(Cl)cc2)C(=O)N(C)C1=O. The monoisotopic (exact) mass is 420 g/mol. The van der Waals surface area contributed by atoms with Crippen LogP contribution in [-0.4, -0.2) is 51.5 Å². The van der Waals surface area contributed by atoms with Crippen molar-refractivity contribution < 1.29 is 14.4 Å². The van der Waals surface area contributed by atoms with Gasteiger partial charge in [0, 0.05) is 36.4 Å². The highest BCUT2D eigenvalue weighted by Crippen LogP contribution is 2.28. The van der Waals surface area contributed by atoms with E-state index in [2.05, 4.69) is 5.10 Å². The standard InChI is InChI=1S/C22H17ClN4O3/c1-25-20(28)18(21(29)26(2)22(25)30)12-15-13-27(17-6-4-3-5-7-17)24-19(15)14-8-10-16(23)11-9-14/h3-13H,1-2H3. The summed E-state index contributed by atoms with van der Waals surface area (Å²) in [6.45, 7) is 0. The summed E-state index contributed by atoms with van der Waals surface area (Å²) in [6, 6.07) is 15.9. The third kappa shape index (κ3) is 3.40. The van der Waals surface area contributed by atoms with Crippen molar-refractivity contribution in [2.24, 2.45) is 0 Å². The molecule has 1 aromatic heterocycles. The van der Waals surface area contributed by atoms with Gasteiger partial charge in [0.25, 0.3) is 11.8 Å². The minimum Gasteiger partial charge on any atom is -0.268 e. The molecule has 3 aromatic rings. The summed E-state index contributed by atoms with van der Waals surface area (Å²) in [4.78, 5) is 39.1. The van der Waals surface area contributed by atoms with Crippen LogP contribution in [0.5, 0.6) is 0 Å². The molecule has 2 aromatic carbocycles. The van der Waals surface area contributed by atoms with E-state index in [-0.39, 0.29) is 5.57 Å². The Morgan fingerprint density at radius 1 is 0.867 bits per heavy atom. The molecule has 0 bridgehead atoms. The predicted molar refractivity (Wildman–Crippen MR) is 113 cm³/mol. The Kier molecular flexibility index (Phi) is 4.97. The van der Waals surface area contributed by atoms with Crippen LogP contribution in [0, 0.1) is 0 Å². The van der Waals surface area contributed by atoms with E-state index in [1.54, 1.807) is 23.0 Å². The zero-order chi connectivity index (χ0) is 21.4. The Morgan fingerprint density at radius 2 is 1.47 bits per heavy atom. The van der Waals surface area contributed by atoms with E-state index in [9.17, 15) is 14.4 Å². The summed E-state index contributed by atoms with van der Waals surface area (Å²) >= 11 is 6.01. The van der Waals surface area contributed by atoms with Crippen LogP contribution in [0.3, 0.4) is 0 Å². The number of hydrogen-bond donors (Lipinski definition) is 0. The van der Waals surface area contributed by atoms with E-state index in [0.717, 1.165) is 21.1 Å². The first-order chi connectivity index (χ1) is 14.4. The molecule has 0 spiro atoms. The van der Waals surface area contributed by atoms with Gasteiger partial charge in [0.1, 0.15) is 5.57 Å². The van der Waals surface area contributed by atoms with Gasteiger partial charge in [0.15, 0.2) is 0 Å². The maximum Gasteiger partial charge on any atom is 0.333 e. The largest absolute Gasteiger partial charge is 0.333 e. The van der Waals surface area contributed by atoms with E-state index < -0.39 is 17.8 Å². The number of nitrogens with zero attached hydrogens (tertiary/aromatic N) is 4. The summed E-state index contributed by atoms with van der Waals surface area (Å²) < 4.78 is 1.67. The number of carbonyl (C=O) groups is 3. The van der Waals surface area contributed by atoms with E-state index in [0.29, 0.717) is 16.3 Å². The first-order valence-corrected chi connectivity index (χ1v) is 9.47. The molecular formula is C22H17ClN4O3. The van der Waals surface area contributed by atoms with Crippen molar-refractivity contribution in [2.45, 2.75) is 0 Å². The van der Waals surface area contributed by atoms with Crippen LogP contribution in [0.2, 0.25) is 5.02 Å². The van der Waals surface area contributed by atoms with Gasteiger partial charge >= 0.3 is 6.03 Å². The highest BCUT2D eigenvalue weighted by Gasteiger charge is 2.38. The fraction of sp³-hybridized carbons (Fsp3) is 0.0909. The molecule has 1 aliphatic heterocycles. The molecule has 0 saturated carbocycles. The summed E-state index contributed by atoms with van der Waals surface area (Å²) in [6.07, 6.45) is 3.21. The second kappa shape index (κ2) is 7.61. The lowest BCUT2D eigenvalue weighted by atomic mass is 10.0. The Hall–Kier alpha value is -3.71. The lowest BCUT2D eigenvalue weighted by Gasteiger charge is -2.28. The highest BCUT2D eigenvalue weighted by molar-refractivity contribution is 6.31. The van der Waals surface area contributed by atoms with Gasteiger partial charge in [-0.25, -0.2) is 9.48 Å². The van der Waals surface area contributed by atoms with Crippen LogP contribution in [-0.2, 0) is 9.59 Å². The predicted octanol–water partition coefficient (Wildman–Crippen LogP) is 3.63. The van der Waals surface area contributed by atoms with Gasteiger partial charge in [-0.3, -0.25) is 19.4 Å². The van der Waals surface area contributed by atoms with Gasteiger partial charge in [0.05, 0.1) is 11.4 Å². The Balaban J connectivity index is 1.88. The number of barbiturate groups is 1. The molecule has 150 valence electrons. The number of halogens is 1. The summed E-state index contributed by atoms with van der Waals surface area (Å²) in [7, 11) is 2.68. The molecule has 8 heteroatoms. The first-order valence-electron chi connectivity index (χ1n) is 9.09. The maximum atomic E-state index is 12.6. The Labute approximate surface area is 177 Å². The number of aromatic nitrogens is 2. The van der Waals surface area contributed by atoms with Crippen molar-refractivity contribution in [3.05, 3.63) is 77.0 Å². The lowest BCUT2D eigenvalue weighted by Crippen LogP contribution is -2.52. The molecule has 1 saturated heterocycles. The minimum absolute atomic E-state index is 0.109. The number of carbonyl (C=O) groups excluding carboxylic acids is 3. The first kappa shape index (κ1) is 19.6. The normalized spacial score (nSPS) is 14.5. The van der Waals surface area contributed by atoms with Crippen LogP contribution in [0.25, 0.3) is 23.0 Å². The second-order valence-corrected chi connectivity index (χ2v) is 7.23. The zero-order valence-electron chi connectivity index (χ0n) is 16.2. The average molecular weight is 421 g/mol. The van der Waals surface area contributed by atoms with Crippen molar-refractivity contribution in [2.75, 3.05) is 14.1 Å². The molecule has 1 aliphatic rings. The van der Waals surface area contributed by atoms with Crippen LogP contribution in [0.4, 0.5) is 4.79 Å². The Morgan fingerprint density at radius 3 is 2.07 bits per heavy atom. The average Bonchev–Trinajstić information content (AvgIpc) is 3.19. The van der Waals surface area contributed by atoms with E-state index in [1.165, 1.54) is 20.2 Å². The zero-order valence-corrected chi connectivity index (χ0v) is 17.0. The van der Waals surface area contributed by atoms with Crippen LogP contribution >= 0.6 is 11.6 Å². The smallest absolute Gasteiger partial charge is 0.268 e. The van der Waals surface area contributed by atoms with Crippen molar-refractivity contribution >= 4 is 35.5 Å². The molecule has 0 atom stereocenters. The van der Waals surface area contributed by atoms with Crippen LogP contribution in [0.15, 0.2) is 66.4 Å². The van der Waals surface area contributed by atoms with Crippen molar-refractivity contribution in [1.82, 2.24) is 19.6 Å². The van der Waals surface area contributed by atoms with Crippen molar-refractivity contribution in [1.29, 1.82) is 0 Å². The molecule has 4 amide bonds. The number of likely N-dealkylation sites (N-methyl/N-ethyl adjacent to an activating group) is 2. The third-order valence-electron chi connectivity index (χ3n) is 4.82. The highest BCUT2D eigenvalue weighted by atomic mass is 35.5. The molecule has 1 fully saturated rings. The molecule has 2 heterocycles. The van der Waals surface area contributed by atoms with E-state index >= 15 is 0 Å². The molecule has 4 rings (SSSR count). The molecule has 30 heavy (non-hydrogen) atoms. The third-order valence-corrected chi connectivity index (χ3v) is 5.08. The molecular weight excluding hydrogens is 404 g/mol. The van der Waals surface area contributed by atoms with Gasteiger partial charge in [-0.1, -0.05) is 41.9 Å². The number of benzene rings is 2. The van der Waals surface area contributed by atoms with Crippen molar-refractivity contribution in [3.8, 4) is 16.9 Å². The van der Waals surface area contributed by atoms with E-state index in [4.69, 9.17) is 11.6 Å². The van der Waals surface area contributed by atoms with Gasteiger partial charge < -0.3 is 0 Å². The maximum absolute atomic E-state index is 12.6. The summed E-state index contributed by atoms with van der Waals surface area (Å²) in [5.41, 5.74) is 2.62. The molecule has 0 N–H and O–H groups in total. The van der Waals surface area contributed by atoms with Gasteiger partial charge in [-0.05, 0) is 30.3 Å². The van der Waals surface area contributed by atoms with Gasteiger partial charge in [-0.2, -0.15) is 5.10 Å². The number of urea groups is 1. The van der Waals surface area contributed by atoms with Gasteiger partial charge in [0.2, 0.25) is 0 Å². The summed E-state index contributed by atoms with van der Waals surface area (Å²) in [5.74, 6) is -1.31. The lowest BCUT2D eigenvalue weighted by molar-refractivity contribution is -0.134. The van der Waals surface area contributed by atoms with Crippen LogP contribution in [0.1, 0.15) is 5.56 Å². The molecule has 0 radical (unpaired) electrons. The number of para-hydroxylation sites is 1. The second-order valence-electron chi connectivity index (χ2n) is 6.79. The van der Waals surface area contributed by atoms with Crippen molar-refractivity contribution in [3.63, 3.8) is 0 Å². The topological polar surface area (TPSA) is 75.5 Å². The Bertz CT molecular complexity index is 1160. The number of imide groups is 2. The number of amides is 4. The number of rotatable bonds is 3. The minimum atomic E-state index is -0.667. The van der Waals surface area contributed by atoms with Crippen LogP contribution < -0.4 is 0 Å². The summed E-state index contributed by atoms with van der Waals surface area (Å²) in [5, 5.41) is 5.25. The molecule has 7 nitrogen and oxygen atoms in total. The van der Waals surface area contributed by atoms with Gasteiger partial charge in [-0.15, -0.1) is 0 Å². The number of hydrogen-bond acceptors (Lipinski definition) is 4. The fourth-order valence-electron chi connectivity index (χ4n) is 3.17.